The van der Waals surface area contributed by atoms with Crippen LogP contribution in [-0.2, 0) is 65.4 Å². The van der Waals surface area contributed by atoms with E-state index in [0.717, 1.165) is 114 Å². The van der Waals surface area contributed by atoms with Gasteiger partial charge in [0.2, 0.25) is 0 Å². The molecule has 0 radical (unpaired) electrons. The average molecular weight is 1450 g/mol. The minimum Gasteiger partial charge on any atom is -0.462 e. The number of aliphatic hydroxyl groups excluding tert-OH is 1. The zero-order chi connectivity index (χ0) is 73.1. The third kappa shape index (κ3) is 74.1. The Hall–Kier alpha value is -1.94. The molecule has 5 atom stereocenters. The summed E-state index contributed by atoms with van der Waals surface area (Å²) < 4.78 is 68.7. The van der Waals surface area contributed by atoms with Crippen molar-refractivity contribution in [3.63, 3.8) is 0 Å². The zero-order valence-corrected chi connectivity index (χ0v) is 66.9. The van der Waals surface area contributed by atoms with Crippen molar-refractivity contribution in [2.24, 2.45) is 23.7 Å². The first kappa shape index (κ1) is 97.1. The molecule has 0 spiro atoms. The topological polar surface area (TPSA) is 237 Å². The number of aliphatic hydroxyl groups is 1. The van der Waals surface area contributed by atoms with Gasteiger partial charge in [-0.05, 0) is 49.4 Å². The molecule has 2 unspecified atom stereocenters. The van der Waals surface area contributed by atoms with Crippen LogP contribution < -0.4 is 0 Å². The van der Waals surface area contributed by atoms with Crippen molar-refractivity contribution >= 4 is 39.5 Å². The van der Waals surface area contributed by atoms with Crippen molar-refractivity contribution in [2.45, 2.75) is 427 Å². The van der Waals surface area contributed by atoms with Crippen LogP contribution in [-0.4, -0.2) is 96.7 Å². The molecule has 0 aliphatic heterocycles. The van der Waals surface area contributed by atoms with E-state index in [1.165, 1.54) is 205 Å². The molecule has 0 aromatic rings. The fourth-order valence-electron chi connectivity index (χ4n) is 12.3. The highest BCUT2D eigenvalue weighted by atomic mass is 31.2. The Morgan fingerprint density at radius 1 is 0.253 bits per heavy atom. The van der Waals surface area contributed by atoms with Crippen LogP contribution in [0.25, 0.3) is 0 Å². The molecule has 0 bridgehead atoms. The molecule has 0 amide bonds. The largest absolute Gasteiger partial charge is 0.472 e. The van der Waals surface area contributed by atoms with E-state index in [1.54, 1.807) is 0 Å². The van der Waals surface area contributed by atoms with Crippen LogP contribution in [0.5, 0.6) is 0 Å². The second-order valence-corrected chi connectivity index (χ2v) is 33.6. The van der Waals surface area contributed by atoms with Crippen LogP contribution in [0, 0.1) is 23.7 Å². The highest BCUT2D eigenvalue weighted by Crippen LogP contribution is 2.45. The molecule has 0 aliphatic rings. The second kappa shape index (κ2) is 69.1. The number of carbonyl (C=O) groups excluding carboxylic acids is 4. The quantitative estimate of drug-likeness (QED) is 0.0222. The van der Waals surface area contributed by atoms with Gasteiger partial charge in [0.1, 0.15) is 19.3 Å². The van der Waals surface area contributed by atoms with E-state index >= 15 is 0 Å². The molecule has 0 saturated heterocycles. The minimum absolute atomic E-state index is 0.106. The Kier molecular flexibility index (Phi) is 67.8. The van der Waals surface area contributed by atoms with E-state index < -0.39 is 97.5 Å². The van der Waals surface area contributed by atoms with E-state index in [2.05, 4.69) is 55.4 Å². The molecular formula is C80H156O17P2. The maximum Gasteiger partial charge on any atom is 0.472 e. The fourth-order valence-corrected chi connectivity index (χ4v) is 13.8. The van der Waals surface area contributed by atoms with Gasteiger partial charge in [0.25, 0.3) is 0 Å². The minimum atomic E-state index is -4.96. The van der Waals surface area contributed by atoms with Crippen molar-refractivity contribution in [1.82, 2.24) is 0 Å². The summed E-state index contributed by atoms with van der Waals surface area (Å²) in [5.74, 6) is 0.944. The van der Waals surface area contributed by atoms with Gasteiger partial charge in [0, 0.05) is 25.7 Å². The van der Waals surface area contributed by atoms with Gasteiger partial charge < -0.3 is 33.8 Å². The number of carbonyl (C=O) groups is 4. The molecule has 0 aromatic carbocycles. The number of hydrogen-bond acceptors (Lipinski definition) is 15. The lowest BCUT2D eigenvalue weighted by molar-refractivity contribution is -0.161. The van der Waals surface area contributed by atoms with Crippen LogP contribution in [0.3, 0.4) is 0 Å². The van der Waals surface area contributed by atoms with Gasteiger partial charge in [0.05, 0.1) is 26.4 Å². The third-order valence-electron chi connectivity index (χ3n) is 18.6. The summed E-state index contributed by atoms with van der Waals surface area (Å²) in [6.45, 7) is 14.2. The number of ether oxygens (including phenoxy) is 4. The number of phosphoric acid groups is 2. The molecule has 0 saturated carbocycles. The number of unbranched alkanes of at least 4 members (excludes halogenated alkanes) is 43. The average Bonchev–Trinajstić information content (AvgIpc) is 1.84. The summed E-state index contributed by atoms with van der Waals surface area (Å²) in [6.07, 6.45) is 55.6. The van der Waals surface area contributed by atoms with Crippen molar-refractivity contribution in [2.75, 3.05) is 39.6 Å². The Morgan fingerprint density at radius 3 is 0.626 bits per heavy atom. The van der Waals surface area contributed by atoms with Gasteiger partial charge in [-0.2, -0.15) is 0 Å². The van der Waals surface area contributed by atoms with Gasteiger partial charge in [-0.3, -0.25) is 37.3 Å². The van der Waals surface area contributed by atoms with Crippen LogP contribution in [0.2, 0.25) is 0 Å². The normalized spacial score (nSPS) is 14.1. The molecule has 588 valence electrons. The summed E-state index contributed by atoms with van der Waals surface area (Å²) in [5, 5.41) is 10.6. The monoisotopic (exact) mass is 1450 g/mol. The van der Waals surface area contributed by atoms with Crippen molar-refractivity contribution < 1.29 is 80.2 Å². The van der Waals surface area contributed by atoms with Crippen molar-refractivity contribution in [3.05, 3.63) is 0 Å². The smallest absolute Gasteiger partial charge is 0.462 e. The van der Waals surface area contributed by atoms with E-state index in [4.69, 9.17) is 37.0 Å². The zero-order valence-electron chi connectivity index (χ0n) is 65.1. The number of phosphoric ester groups is 2. The van der Waals surface area contributed by atoms with E-state index in [0.29, 0.717) is 31.6 Å². The summed E-state index contributed by atoms with van der Waals surface area (Å²) in [5.41, 5.74) is 0. The summed E-state index contributed by atoms with van der Waals surface area (Å²) in [7, 11) is -9.92. The SMILES string of the molecule is CC(C)CCCCCCCCCCCCCCCCC(=O)OC[C@H](COP(=O)(O)OC[C@@H](O)COP(=O)(O)OC[C@@H](COC(=O)CCCCCCCCC(C)C)OC(=O)CCCCCCCCCCCCCCCC(C)C)OC(=O)CCCCCCCCCCCCCCCCC(C)C. The van der Waals surface area contributed by atoms with Gasteiger partial charge in [-0.25, -0.2) is 9.13 Å². The Balaban J connectivity index is 5.23. The fraction of sp³-hybridized carbons (Fsp3) is 0.950. The Labute approximate surface area is 607 Å². The molecule has 0 fully saturated rings. The molecule has 19 heteroatoms. The van der Waals surface area contributed by atoms with Gasteiger partial charge in [-0.1, -0.05) is 357 Å². The highest BCUT2D eigenvalue weighted by Gasteiger charge is 2.30. The first-order valence-corrected chi connectivity index (χ1v) is 44.2. The van der Waals surface area contributed by atoms with Gasteiger partial charge in [-0.15, -0.1) is 0 Å². The highest BCUT2D eigenvalue weighted by molar-refractivity contribution is 7.47. The van der Waals surface area contributed by atoms with Crippen LogP contribution in [0.1, 0.15) is 409 Å². The van der Waals surface area contributed by atoms with Gasteiger partial charge >= 0.3 is 39.5 Å². The van der Waals surface area contributed by atoms with Crippen molar-refractivity contribution in [3.8, 4) is 0 Å². The van der Waals surface area contributed by atoms with E-state index in [1.807, 2.05) is 0 Å². The number of rotatable bonds is 77. The maximum atomic E-state index is 13.1. The third-order valence-corrected chi connectivity index (χ3v) is 20.5. The summed E-state index contributed by atoms with van der Waals surface area (Å²) in [6, 6.07) is 0. The summed E-state index contributed by atoms with van der Waals surface area (Å²) in [4.78, 5) is 73.0. The second-order valence-electron chi connectivity index (χ2n) is 30.7. The van der Waals surface area contributed by atoms with Crippen LogP contribution >= 0.6 is 15.6 Å². The molecule has 0 aromatic heterocycles. The molecule has 17 nitrogen and oxygen atoms in total. The standard InChI is InChI=1S/C80H156O17P2/c1-70(2)56-48-40-32-26-20-14-9-11-17-23-29-35-44-52-60-77(82)90-66-75(96-79(84)62-54-46-36-30-24-18-12-10-15-21-27-33-41-49-57-71(3)4)68-94-98(86,87)92-64-74(81)65-93-99(88,89)95-69-76(67-91-78(83)61-53-45-39-38-43-51-59-73(7)8)97-80(85)63-55-47-37-31-25-19-13-16-22-28-34-42-50-58-72(5)6/h70-76,81H,9-69H2,1-8H3,(H,86,87)(H,88,89)/t74-,75-,76-/m1/s1. The van der Waals surface area contributed by atoms with Gasteiger partial charge in [0.15, 0.2) is 12.2 Å². The molecule has 0 heterocycles. The predicted octanol–water partition coefficient (Wildman–Crippen LogP) is 23.6. The summed E-state index contributed by atoms with van der Waals surface area (Å²) >= 11 is 0. The first-order valence-electron chi connectivity index (χ1n) is 41.2. The van der Waals surface area contributed by atoms with Crippen LogP contribution in [0.15, 0.2) is 0 Å². The van der Waals surface area contributed by atoms with Crippen molar-refractivity contribution in [1.29, 1.82) is 0 Å². The van der Waals surface area contributed by atoms with E-state index in [9.17, 15) is 43.2 Å². The molecular weight excluding hydrogens is 1290 g/mol. The molecule has 99 heavy (non-hydrogen) atoms. The lowest BCUT2D eigenvalue weighted by Crippen LogP contribution is -2.30. The lowest BCUT2D eigenvalue weighted by atomic mass is 10.0. The number of hydrogen-bond donors (Lipinski definition) is 3. The van der Waals surface area contributed by atoms with E-state index in [-0.39, 0.29) is 25.7 Å². The lowest BCUT2D eigenvalue weighted by Gasteiger charge is -2.21. The predicted molar refractivity (Wildman–Crippen MR) is 404 cm³/mol. The molecule has 0 aliphatic carbocycles. The maximum absolute atomic E-state index is 13.1. The Bertz CT molecular complexity index is 1940. The van der Waals surface area contributed by atoms with Crippen LogP contribution in [0.4, 0.5) is 0 Å². The molecule has 3 N–H and O–H groups in total. The Morgan fingerprint density at radius 2 is 0.424 bits per heavy atom. The number of esters is 4. The molecule has 0 rings (SSSR count). The first-order chi connectivity index (χ1) is 47.6.